The fourth-order valence-electron chi connectivity index (χ4n) is 0.806. The van der Waals surface area contributed by atoms with E-state index in [0.29, 0.717) is 0 Å². The molecular formula is C7H7N3O2. The van der Waals surface area contributed by atoms with Crippen molar-refractivity contribution in [1.29, 1.82) is 0 Å². The Morgan fingerprint density at radius 1 is 1.17 bits per heavy atom. The second-order valence-electron chi connectivity index (χ2n) is 2.15. The van der Waals surface area contributed by atoms with E-state index in [4.69, 9.17) is 11.5 Å². The predicted molar refractivity (Wildman–Crippen MR) is 41.3 cm³/mol. The summed E-state index contributed by atoms with van der Waals surface area (Å²) < 4.78 is 0. The second kappa shape index (κ2) is 3.00. The molecule has 0 aliphatic rings. The summed E-state index contributed by atoms with van der Waals surface area (Å²) in [7, 11) is 0. The molecule has 0 aliphatic carbocycles. The lowest BCUT2D eigenvalue weighted by Gasteiger charge is -1.99. The number of nitrogens with zero attached hydrogens (tertiary/aromatic N) is 1. The van der Waals surface area contributed by atoms with Crippen molar-refractivity contribution in [2.24, 2.45) is 11.5 Å². The largest absolute Gasteiger partial charge is 0.366 e. The molecule has 0 aromatic carbocycles. The van der Waals surface area contributed by atoms with E-state index in [-0.39, 0.29) is 11.1 Å². The number of carbonyl (C=O) groups excluding carboxylic acids is 2. The van der Waals surface area contributed by atoms with Gasteiger partial charge >= 0.3 is 0 Å². The highest BCUT2D eigenvalue weighted by Crippen LogP contribution is 2.04. The Hall–Kier alpha value is -1.91. The number of carbonyl (C=O) groups is 2. The van der Waals surface area contributed by atoms with Crippen LogP contribution in [0.4, 0.5) is 0 Å². The Morgan fingerprint density at radius 3 is 2.17 bits per heavy atom. The number of pyridine rings is 1. The van der Waals surface area contributed by atoms with Gasteiger partial charge < -0.3 is 11.5 Å². The number of hydrogen-bond donors (Lipinski definition) is 2. The third kappa shape index (κ3) is 1.39. The van der Waals surface area contributed by atoms with E-state index >= 15 is 0 Å². The second-order valence-corrected chi connectivity index (χ2v) is 2.15. The summed E-state index contributed by atoms with van der Waals surface area (Å²) in [5, 5.41) is 0. The van der Waals surface area contributed by atoms with E-state index in [2.05, 4.69) is 4.98 Å². The van der Waals surface area contributed by atoms with Crippen molar-refractivity contribution in [3.8, 4) is 0 Å². The summed E-state index contributed by atoms with van der Waals surface area (Å²) in [5.41, 5.74) is 10.1. The molecule has 1 rings (SSSR count). The minimum Gasteiger partial charge on any atom is -0.366 e. The van der Waals surface area contributed by atoms with E-state index in [1.807, 2.05) is 0 Å². The standard InChI is InChI=1S/C7H7N3O2/c8-6(11)4-1-2-10-3-5(4)7(9)12/h1-3H,(H2,8,11)(H2,9,12)/i10+1. The van der Waals surface area contributed by atoms with Gasteiger partial charge in [0, 0.05) is 12.4 Å². The highest BCUT2D eigenvalue weighted by molar-refractivity contribution is 6.05. The van der Waals surface area contributed by atoms with Crippen LogP contribution in [-0.2, 0) is 0 Å². The molecule has 4 N–H and O–H groups in total. The van der Waals surface area contributed by atoms with E-state index in [0.717, 1.165) is 0 Å². The fraction of sp³-hybridized carbons (Fsp3) is 0. The molecule has 0 saturated carbocycles. The highest BCUT2D eigenvalue weighted by Gasteiger charge is 2.11. The molecule has 1 aromatic rings. The van der Waals surface area contributed by atoms with E-state index < -0.39 is 11.8 Å². The quantitative estimate of drug-likeness (QED) is 0.606. The van der Waals surface area contributed by atoms with Crippen LogP contribution in [0.1, 0.15) is 20.7 Å². The SMILES string of the molecule is NC(=O)c1cc[15n]cc1C(N)=O. The van der Waals surface area contributed by atoms with Crippen LogP contribution in [0.25, 0.3) is 0 Å². The summed E-state index contributed by atoms with van der Waals surface area (Å²) in [6.45, 7) is 0. The van der Waals surface area contributed by atoms with Crippen LogP contribution >= 0.6 is 0 Å². The molecule has 12 heavy (non-hydrogen) atoms. The average molecular weight is 166 g/mol. The first-order valence-corrected chi connectivity index (χ1v) is 3.16. The van der Waals surface area contributed by atoms with Crippen molar-refractivity contribution in [2.75, 3.05) is 0 Å². The smallest absolute Gasteiger partial charge is 0.251 e. The minimum absolute atomic E-state index is 0.0463. The molecule has 0 spiro atoms. The van der Waals surface area contributed by atoms with Gasteiger partial charge in [0.2, 0.25) is 5.91 Å². The zero-order valence-corrected chi connectivity index (χ0v) is 6.15. The highest BCUT2D eigenvalue weighted by atomic mass is 16.2. The maximum absolute atomic E-state index is 10.7. The molecule has 0 unspecified atom stereocenters. The molecule has 0 bridgehead atoms. The number of amides is 2. The Kier molecular flexibility index (Phi) is 2.05. The first-order valence-electron chi connectivity index (χ1n) is 3.16. The lowest BCUT2D eigenvalue weighted by Crippen LogP contribution is -2.20. The summed E-state index contributed by atoms with van der Waals surface area (Å²) in [6, 6.07) is 1.35. The lowest BCUT2D eigenvalue weighted by molar-refractivity contribution is 0.0967. The number of rotatable bonds is 2. The van der Waals surface area contributed by atoms with Crippen LogP contribution in [0.5, 0.6) is 0 Å². The van der Waals surface area contributed by atoms with E-state index in [1.165, 1.54) is 18.5 Å². The van der Waals surface area contributed by atoms with Crippen LogP contribution in [0.2, 0.25) is 0 Å². The van der Waals surface area contributed by atoms with Gasteiger partial charge in [-0.1, -0.05) is 0 Å². The predicted octanol–water partition coefficient (Wildman–Crippen LogP) is -0.721. The van der Waals surface area contributed by atoms with Crippen LogP contribution in [-0.4, -0.2) is 16.8 Å². The summed E-state index contributed by atoms with van der Waals surface area (Å²) in [6.07, 6.45) is 2.58. The van der Waals surface area contributed by atoms with Gasteiger partial charge in [-0.15, -0.1) is 0 Å². The molecule has 1 heterocycles. The lowest BCUT2D eigenvalue weighted by atomic mass is 10.1. The molecule has 1 aromatic heterocycles. The fourth-order valence-corrected chi connectivity index (χ4v) is 0.806. The maximum atomic E-state index is 10.7. The number of primary amides is 2. The third-order valence-electron chi connectivity index (χ3n) is 1.35. The first kappa shape index (κ1) is 8.19. The molecule has 0 saturated heterocycles. The zero-order chi connectivity index (χ0) is 9.14. The molecule has 5 nitrogen and oxygen atoms in total. The van der Waals surface area contributed by atoms with Crippen molar-refractivity contribution >= 4 is 11.8 Å². The maximum Gasteiger partial charge on any atom is 0.251 e. The number of aromatic nitrogens is 1. The molecule has 2 amide bonds. The van der Waals surface area contributed by atoms with Crippen molar-refractivity contribution in [3.05, 3.63) is 29.6 Å². The molecule has 0 aliphatic heterocycles. The molecule has 0 radical (unpaired) electrons. The van der Waals surface area contributed by atoms with Crippen LogP contribution in [0.3, 0.4) is 0 Å². The Bertz CT molecular complexity index is 302. The minimum atomic E-state index is -0.711. The Balaban J connectivity index is 3.27. The number of hydrogen-bond acceptors (Lipinski definition) is 3. The van der Waals surface area contributed by atoms with E-state index in [9.17, 15) is 9.59 Å². The topological polar surface area (TPSA) is 99.1 Å². The van der Waals surface area contributed by atoms with Gasteiger partial charge in [-0.05, 0) is 6.07 Å². The van der Waals surface area contributed by atoms with Gasteiger partial charge in [0.05, 0.1) is 11.1 Å². The van der Waals surface area contributed by atoms with Gasteiger partial charge in [0.1, 0.15) is 0 Å². The van der Waals surface area contributed by atoms with Gasteiger partial charge in [0.25, 0.3) is 5.91 Å². The van der Waals surface area contributed by atoms with Crippen molar-refractivity contribution in [1.82, 2.24) is 4.98 Å². The number of nitrogens with two attached hydrogens (primary N) is 2. The summed E-state index contributed by atoms with van der Waals surface area (Å²) in [5.74, 6) is -1.40. The van der Waals surface area contributed by atoms with Gasteiger partial charge in [0.15, 0.2) is 0 Å². The molecule has 0 fully saturated rings. The van der Waals surface area contributed by atoms with Crippen molar-refractivity contribution in [3.63, 3.8) is 0 Å². The van der Waals surface area contributed by atoms with Crippen molar-refractivity contribution < 1.29 is 9.59 Å². The summed E-state index contributed by atoms with van der Waals surface area (Å²) in [4.78, 5) is 25.1. The van der Waals surface area contributed by atoms with Gasteiger partial charge in [-0.3, -0.25) is 14.6 Å². The average Bonchev–Trinajstić information content (AvgIpc) is 2.04. The van der Waals surface area contributed by atoms with Crippen LogP contribution in [0.15, 0.2) is 18.5 Å². The third-order valence-corrected chi connectivity index (χ3v) is 1.35. The van der Waals surface area contributed by atoms with Gasteiger partial charge in [-0.25, -0.2) is 0 Å². The monoisotopic (exact) mass is 166 g/mol. The van der Waals surface area contributed by atoms with Gasteiger partial charge in [-0.2, -0.15) is 0 Å². The Morgan fingerprint density at radius 2 is 1.75 bits per heavy atom. The molecule has 5 heteroatoms. The normalized spacial score (nSPS) is 9.33. The Labute approximate surface area is 68.4 Å². The van der Waals surface area contributed by atoms with Crippen LogP contribution < -0.4 is 11.5 Å². The summed E-state index contributed by atoms with van der Waals surface area (Å²) >= 11 is 0. The zero-order valence-electron chi connectivity index (χ0n) is 6.15. The van der Waals surface area contributed by atoms with E-state index in [1.54, 1.807) is 0 Å². The van der Waals surface area contributed by atoms with Crippen molar-refractivity contribution in [2.45, 2.75) is 0 Å². The van der Waals surface area contributed by atoms with Crippen LogP contribution in [0, 0.1) is 0 Å². The molecule has 62 valence electrons. The first-order chi connectivity index (χ1) is 5.63. The molecular weight excluding hydrogens is 159 g/mol. The molecule has 0 atom stereocenters.